The molecule has 74 valence electrons. The van der Waals surface area contributed by atoms with Crippen molar-refractivity contribution in [3.63, 3.8) is 0 Å². The zero-order valence-electron chi connectivity index (χ0n) is 8.07. The van der Waals surface area contributed by atoms with Crippen LogP contribution in [0.15, 0.2) is 18.3 Å². The van der Waals surface area contributed by atoms with E-state index in [2.05, 4.69) is 15.4 Å². The van der Waals surface area contributed by atoms with Crippen molar-refractivity contribution in [2.75, 3.05) is 11.9 Å². The summed E-state index contributed by atoms with van der Waals surface area (Å²) in [5.74, 6) is 0.848. The summed E-state index contributed by atoms with van der Waals surface area (Å²) >= 11 is 0. The molecule has 0 aliphatic heterocycles. The minimum absolute atomic E-state index is 0.444. The van der Waals surface area contributed by atoms with Crippen molar-refractivity contribution in [3.05, 3.63) is 24.0 Å². The van der Waals surface area contributed by atoms with Gasteiger partial charge >= 0.3 is 0 Å². The van der Waals surface area contributed by atoms with E-state index >= 15 is 0 Å². The van der Waals surface area contributed by atoms with E-state index < -0.39 is 0 Å². The zero-order chi connectivity index (χ0) is 9.97. The van der Waals surface area contributed by atoms with Gasteiger partial charge in [0.25, 0.3) is 0 Å². The van der Waals surface area contributed by atoms with E-state index in [1.165, 1.54) is 0 Å². The van der Waals surface area contributed by atoms with E-state index in [1.54, 1.807) is 4.52 Å². The highest BCUT2D eigenvalue weighted by atomic mass is 15.3. The van der Waals surface area contributed by atoms with Crippen LogP contribution in [0.4, 0.5) is 5.82 Å². The molecular formula is C9H13N5. The Kier molecular flexibility index (Phi) is 2.32. The molecule has 0 radical (unpaired) electrons. The lowest BCUT2D eigenvalue weighted by molar-refractivity contribution is 0.924. The van der Waals surface area contributed by atoms with Crippen LogP contribution in [0.2, 0.25) is 0 Å². The highest BCUT2D eigenvalue weighted by Gasteiger charge is 2.01. The first-order chi connectivity index (χ1) is 6.83. The molecule has 0 bridgehead atoms. The van der Waals surface area contributed by atoms with Gasteiger partial charge in [-0.1, -0.05) is 0 Å². The van der Waals surface area contributed by atoms with Crippen LogP contribution in [-0.2, 0) is 6.54 Å². The fourth-order valence-corrected chi connectivity index (χ4v) is 1.30. The Hall–Kier alpha value is -1.62. The molecule has 0 saturated carbocycles. The monoisotopic (exact) mass is 191 g/mol. The standard InChI is InChI=1S/C9H13N5/c1-2-11-8-3-4-9-12-7(5-10)6-14(9)13-8/h3-4,6H,2,5,10H2,1H3,(H,11,13). The van der Waals surface area contributed by atoms with Gasteiger partial charge in [-0.25, -0.2) is 9.50 Å². The van der Waals surface area contributed by atoms with Gasteiger partial charge in [-0.3, -0.25) is 0 Å². The number of anilines is 1. The molecule has 5 nitrogen and oxygen atoms in total. The molecule has 5 heteroatoms. The molecule has 14 heavy (non-hydrogen) atoms. The summed E-state index contributed by atoms with van der Waals surface area (Å²) in [6.07, 6.45) is 1.84. The number of rotatable bonds is 3. The molecule has 0 amide bonds. The Balaban J connectivity index is 2.43. The summed E-state index contributed by atoms with van der Waals surface area (Å²) in [6, 6.07) is 3.83. The number of nitrogens with zero attached hydrogens (tertiary/aromatic N) is 3. The Bertz CT molecular complexity index is 434. The number of fused-ring (bicyclic) bond motifs is 1. The topological polar surface area (TPSA) is 68.2 Å². The Morgan fingerprint density at radius 3 is 3.07 bits per heavy atom. The first-order valence-corrected chi connectivity index (χ1v) is 4.62. The van der Waals surface area contributed by atoms with Crippen molar-refractivity contribution < 1.29 is 0 Å². The van der Waals surface area contributed by atoms with Gasteiger partial charge in [0.15, 0.2) is 5.65 Å². The van der Waals surface area contributed by atoms with Crippen molar-refractivity contribution in [2.24, 2.45) is 5.73 Å². The van der Waals surface area contributed by atoms with Gasteiger partial charge in [0.2, 0.25) is 0 Å². The Labute approximate surface area is 81.9 Å². The molecule has 2 aromatic heterocycles. The van der Waals surface area contributed by atoms with E-state index in [4.69, 9.17) is 5.73 Å². The zero-order valence-corrected chi connectivity index (χ0v) is 8.07. The molecule has 3 N–H and O–H groups in total. The van der Waals surface area contributed by atoms with E-state index in [-0.39, 0.29) is 0 Å². The number of nitrogens with two attached hydrogens (primary N) is 1. The average molecular weight is 191 g/mol. The molecule has 0 spiro atoms. The second kappa shape index (κ2) is 3.63. The van der Waals surface area contributed by atoms with Gasteiger partial charge in [0, 0.05) is 13.1 Å². The summed E-state index contributed by atoms with van der Waals surface area (Å²) in [6.45, 7) is 3.34. The second-order valence-electron chi connectivity index (χ2n) is 2.99. The SMILES string of the molecule is CCNc1ccc2nc(CN)cn2n1. The van der Waals surface area contributed by atoms with Gasteiger partial charge < -0.3 is 11.1 Å². The quantitative estimate of drug-likeness (QED) is 0.746. The lowest BCUT2D eigenvalue weighted by atomic mass is 10.5. The fourth-order valence-electron chi connectivity index (χ4n) is 1.30. The minimum Gasteiger partial charge on any atom is -0.369 e. The molecule has 0 unspecified atom stereocenters. The molecule has 2 heterocycles. The number of nitrogens with one attached hydrogen (secondary N) is 1. The van der Waals surface area contributed by atoms with Crippen molar-refractivity contribution >= 4 is 11.5 Å². The normalized spacial score (nSPS) is 10.7. The number of aromatic nitrogens is 3. The van der Waals surface area contributed by atoms with Crippen LogP contribution in [0.5, 0.6) is 0 Å². The van der Waals surface area contributed by atoms with E-state index in [1.807, 2.05) is 25.3 Å². The van der Waals surface area contributed by atoms with Crippen LogP contribution in [0, 0.1) is 0 Å². The van der Waals surface area contributed by atoms with Gasteiger partial charge in [-0.15, -0.1) is 5.10 Å². The highest BCUT2D eigenvalue weighted by Crippen LogP contribution is 2.07. The summed E-state index contributed by atoms with van der Waals surface area (Å²) in [4.78, 5) is 4.28. The van der Waals surface area contributed by atoms with Crippen LogP contribution < -0.4 is 11.1 Å². The molecule has 2 aromatic rings. The van der Waals surface area contributed by atoms with Crippen LogP contribution in [0.25, 0.3) is 5.65 Å². The maximum Gasteiger partial charge on any atom is 0.153 e. The van der Waals surface area contributed by atoms with Crippen LogP contribution in [-0.4, -0.2) is 21.1 Å². The summed E-state index contributed by atoms with van der Waals surface area (Å²) < 4.78 is 1.74. The molecule has 0 aliphatic rings. The molecule has 0 saturated heterocycles. The van der Waals surface area contributed by atoms with Crippen molar-refractivity contribution in [1.29, 1.82) is 0 Å². The number of hydrogen-bond acceptors (Lipinski definition) is 4. The summed E-state index contributed by atoms with van der Waals surface area (Å²) in [5.41, 5.74) is 7.17. The summed E-state index contributed by atoms with van der Waals surface area (Å²) in [7, 11) is 0. The predicted octanol–water partition coefficient (Wildman–Crippen LogP) is 0.620. The highest BCUT2D eigenvalue weighted by molar-refractivity contribution is 5.44. The molecule has 2 rings (SSSR count). The summed E-state index contributed by atoms with van der Waals surface area (Å²) in [5, 5.41) is 7.46. The number of hydrogen-bond donors (Lipinski definition) is 2. The van der Waals surface area contributed by atoms with E-state index in [9.17, 15) is 0 Å². The largest absolute Gasteiger partial charge is 0.369 e. The fraction of sp³-hybridized carbons (Fsp3) is 0.333. The Morgan fingerprint density at radius 1 is 1.50 bits per heavy atom. The third-order valence-corrected chi connectivity index (χ3v) is 1.94. The molecular weight excluding hydrogens is 178 g/mol. The second-order valence-corrected chi connectivity index (χ2v) is 2.99. The maximum atomic E-state index is 5.49. The van der Waals surface area contributed by atoms with Crippen molar-refractivity contribution in [3.8, 4) is 0 Å². The first-order valence-electron chi connectivity index (χ1n) is 4.62. The van der Waals surface area contributed by atoms with Crippen molar-refractivity contribution in [1.82, 2.24) is 14.6 Å². The molecule has 0 aromatic carbocycles. The van der Waals surface area contributed by atoms with Gasteiger partial charge in [-0.05, 0) is 19.1 Å². The molecule has 0 fully saturated rings. The smallest absolute Gasteiger partial charge is 0.153 e. The first kappa shape index (κ1) is 8.96. The van der Waals surface area contributed by atoms with Crippen LogP contribution in [0.1, 0.15) is 12.6 Å². The Morgan fingerprint density at radius 2 is 2.36 bits per heavy atom. The van der Waals surface area contributed by atoms with E-state index in [0.29, 0.717) is 6.54 Å². The predicted molar refractivity (Wildman–Crippen MR) is 55.0 cm³/mol. The molecule has 0 atom stereocenters. The van der Waals surface area contributed by atoms with Gasteiger partial charge in [0.1, 0.15) is 5.82 Å². The third kappa shape index (κ3) is 1.54. The van der Waals surface area contributed by atoms with Crippen LogP contribution in [0.3, 0.4) is 0 Å². The molecule has 0 aliphatic carbocycles. The average Bonchev–Trinajstić information content (AvgIpc) is 2.60. The lowest BCUT2D eigenvalue weighted by Crippen LogP contribution is -2.01. The van der Waals surface area contributed by atoms with Gasteiger partial charge in [0.05, 0.1) is 11.9 Å². The van der Waals surface area contributed by atoms with Crippen LogP contribution >= 0.6 is 0 Å². The lowest BCUT2D eigenvalue weighted by Gasteiger charge is -2.00. The third-order valence-electron chi connectivity index (χ3n) is 1.94. The van der Waals surface area contributed by atoms with Crippen molar-refractivity contribution in [2.45, 2.75) is 13.5 Å². The van der Waals surface area contributed by atoms with E-state index in [0.717, 1.165) is 23.7 Å². The maximum absolute atomic E-state index is 5.49. The number of imidazole rings is 1. The minimum atomic E-state index is 0.444. The van der Waals surface area contributed by atoms with Gasteiger partial charge in [-0.2, -0.15) is 0 Å².